The molecular weight excluding hydrogens is 455 g/mol. The molecule has 4 N–H and O–H groups in total. The standard InChI is InChI=1S/C28H23FN6O/c1-16(22-13-18-9-5-6-10-23(18)33-25(22)17-7-3-2-4-8-17)35-28-24(27(30)31-15-32-28)26(34-35)19-11-20(29)14-21(36)12-19/h2-16,27,36H,30H2,1H3,(H,31,32). The molecule has 0 bridgehead atoms. The number of nitrogens with two attached hydrogens (primary N) is 1. The van der Waals surface area contributed by atoms with Crippen molar-refractivity contribution < 1.29 is 9.50 Å². The van der Waals surface area contributed by atoms with Crippen molar-refractivity contribution in [3.63, 3.8) is 0 Å². The van der Waals surface area contributed by atoms with E-state index < -0.39 is 12.0 Å². The van der Waals surface area contributed by atoms with Crippen LogP contribution in [0.1, 0.15) is 30.3 Å². The van der Waals surface area contributed by atoms with E-state index in [-0.39, 0.29) is 11.8 Å². The Morgan fingerprint density at radius 1 is 0.972 bits per heavy atom. The molecule has 0 saturated carbocycles. The summed E-state index contributed by atoms with van der Waals surface area (Å²) in [6, 6.07) is 23.7. The van der Waals surface area contributed by atoms with E-state index in [2.05, 4.69) is 16.4 Å². The highest BCUT2D eigenvalue weighted by Crippen LogP contribution is 2.41. The number of benzene rings is 3. The van der Waals surface area contributed by atoms with E-state index in [1.165, 1.54) is 12.1 Å². The SMILES string of the molecule is CC(c1cc2ccccc2nc1-c1ccccc1)n1nc(-c2cc(O)cc(F)c2)c2c1N=CNC2N. The van der Waals surface area contributed by atoms with E-state index in [4.69, 9.17) is 15.8 Å². The largest absolute Gasteiger partial charge is 0.508 e. The number of fused-ring (bicyclic) bond motifs is 2. The first-order chi connectivity index (χ1) is 17.5. The third-order valence-electron chi connectivity index (χ3n) is 6.45. The second-order valence-electron chi connectivity index (χ2n) is 8.79. The monoisotopic (exact) mass is 478 g/mol. The highest BCUT2D eigenvalue weighted by atomic mass is 19.1. The summed E-state index contributed by atoms with van der Waals surface area (Å²) in [6.45, 7) is 2.03. The van der Waals surface area contributed by atoms with E-state index in [0.29, 0.717) is 22.6 Å². The molecule has 0 spiro atoms. The Balaban J connectivity index is 1.58. The molecular formula is C28H23FN6O. The number of nitrogens with one attached hydrogen (secondary N) is 1. The molecule has 0 amide bonds. The van der Waals surface area contributed by atoms with Crippen molar-refractivity contribution in [2.45, 2.75) is 19.1 Å². The zero-order valence-electron chi connectivity index (χ0n) is 19.4. The van der Waals surface area contributed by atoms with Crippen molar-refractivity contribution >= 4 is 23.1 Å². The minimum Gasteiger partial charge on any atom is -0.508 e. The maximum absolute atomic E-state index is 14.2. The van der Waals surface area contributed by atoms with Gasteiger partial charge in [-0.15, -0.1) is 0 Å². The number of phenolic OH excluding ortho intramolecular Hbond substituents is 1. The van der Waals surface area contributed by atoms with E-state index in [1.54, 1.807) is 11.0 Å². The Hall–Kier alpha value is -4.56. The van der Waals surface area contributed by atoms with Gasteiger partial charge in [0.1, 0.15) is 23.4 Å². The van der Waals surface area contributed by atoms with Crippen LogP contribution in [-0.2, 0) is 0 Å². The third-order valence-corrected chi connectivity index (χ3v) is 6.45. The summed E-state index contributed by atoms with van der Waals surface area (Å²) >= 11 is 0. The van der Waals surface area contributed by atoms with E-state index in [1.807, 2.05) is 61.5 Å². The highest BCUT2D eigenvalue weighted by Gasteiger charge is 2.29. The summed E-state index contributed by atoms with van der Waals surface area (Å²) in [5.74, 6) is -0.181. The summed E-state index contributed by atoms with van der Waals surface area (Å²) in [7, 11) is 0. The maximum atomic E-state index is 14.2. The Morgan fingerprint density at radius 2 is 1.75 bits per heavy atom. The number of aromatic hydroxyl groups is 1. The zero-order chi connectivity index (χ0) is 24.8. The van der Waals surface area contributed by atoms with Crippen LogP contribution < -0.4 is 11.1 Å². The van der Waals surface area contributed by atoms with E-state index in [0.717, 1.165) is 33.8 Å². The fourth-order valence-electron chi connectivity index (χ4n) is 4.72. The normalized spacial score (nSPS) is 15.5. The van der Waals surface area contributed by atoms with Gasteiger partial charge in [-0.3, -0.25) is 0 Å². The minimum absolute atomic E-state index is 0.188. The number of aromatic nitrogens is 3. The number of aliphatic imine (C=N–C) groups is 1. The molecule has 0 saturated heterocycles. The van der Waals surface area contributed by atoms with Crippen LogP contribution in [0.4, 0.5) is 10.2 Å². The van der Waals surface area contributed by atoms with Crippen molar-refractivity contribution in [2.24, 2.45) is 10.7 Å². The number of nitrogens with zero attached hydrogens (tertiary/aromatic N) is 4. The number of hydrogen-bond acceptors (Lipinski definition) is 6. The number of phenols is 1. The van der Waals surface area contributed by atoms with Gasteiger partial charge >= 0.3 is 0 Å². The van der Waals surface area contributed by atoms with Gasteiger partial charge in [-0.2, -0.15) is 5.10 Å². The van der Waals surface area contributed by atoms with Crippen molar-refractivity contribution in [3.05, 3.63) is 95.8 Å². The summed E-state index contributed by atoms with van der Waals surface area (Å²) in [5.41, 5.74) is 11.6. The molecule has 5 aromatic rings. The van der Waals surface area contributed by atoms with Gasteiger partial charge in [-0.25, -0.2) is 19.0 Å². The fraction of sp³-hybridized carbons (Fsp3) is 0.107. The van der Waals surface area contributed by atoms with Gasteiger partial charge in [0.2, 0.25) is 0 Å². The van der Waals surface area contributed by atoms with Gasteiger partial charge in [-0.05, 0) is 31.2 Å². The second kappa shape index (κ2) is 8.58. The summed E-state index contributed by atoms with van der Waals surface area (Å²) in [5, 5.41) is 18.9. The smallest absolute Gasteiger partial charge is 0.160 e. The van der Waals surface area contributed by atoms with Crippen LogP contribution in [0.15, 0.2) is 83.9 Å². The quantitative estimate of drug-likeness (QED) is 0.319. The van der Waals surface area contributed by atoms with Crippen molar-refractivity contribution in [1.29, 1.82) is 0 Å². The zero-order valence-corrected chi connectivity index (χ0v) is 19.4. The van der Waals surface area contributed by atoms with E-state index >= 15 is 0 Å². The average molecular weight is 479 g/mol. The molecule has 178 valence electrons. The first kappa shape index (κ1) is 21.9. The molecule has 0 aliphatic carbocycles. The second-order valence-corrected chi connectivity index (χ2v) is 8.79. The van der Waals surface area contributed by atoms with E-state index in [9.17, 15) is 9.50 Å². The molecule has 0 radical (unpaired) electrons. The van der Waals surface area contributed by atoms with Gasteiger partial charge in [0, 0.05) is 28.1 Å². The Kier molecular flexibility index (Phi) is 5.23. The topological polar surface area (TPSA) is 101 Å². The van der Waals surface area contributed by atoms with Crippen LogP contribution in [-0.4, -0.2) is 26.2 Å². The first-order valence-corrected chi connectivity index (χ1v) is 11.6. The van der Waals surface area contributed by atoms with Crippen LogP contribution in [0.3, 0.4) is 0 Å². The third kappa shape index (κ3) is 3.68. The molecule has 3 aromatic carbocycles. The Bertz CT molecular complexity index is 1610. The van der Waals surface area contributed by atoms with Gasteiger partial charge in [-0.1, -0.05) is 48.5 Å². The lowest BCUT2D eigenvalue weighted by Gasteiger charge is -2.21. The van der Waals surface area contributed by atoms with Crippen LogP contribution in [0.25, 0.3) is 33.4 Å². The lowest BCUT2D eigenvalue weighted by molar-refractivity contribution is 0.469. The average Bonchev–Trinajstić information content (AvgIpc) is 3.28. The molecule has 8 heteroatoms. The van der Waals surface area contributed by atoms with Crippen LogP contribution in [0, 0.1) is 5.82 Å². The molecule has 2 aromatic heterocycles. The number of rotatable bonds is 4. The van der Waals surface area contributed by atoms with Crippen molar-refractivity contribution in [1.82, 2.24) is 20.1 Å². The minimum atomic E-state index is -0.595. The van der Waals surface area contributed by atoms with Crippen molar-refractivity contribution in [2.75, 3.05) is 0 Å². The van der Waals surface area contributed by atoms with Gasteiger partial charge < -0.3 is 16.2 Å². The van der Waals surface area contributed by atoms with Crippen LogP contribution >= 0.6 is 0 Å². The number of hydrogen-bond donors (Lipinski definition) is 3. The first-order valence-electron chi connectivity index (χ1n) is 11.6. The lowest BCUT2D eigenvalue weighted by Crippen LogP contribution is -2.30. The van der Waals surface area contributed by atoms with Crippen LogP contribution in [0.5, 0.6) is 5.75 Å². The number of pyridine rings is 1. The molecule has 1 aliphatic rings. The lowest BCUT2D eigenvalue weighted by atomic mass is 9.98. The summed E-state index contributed by atoms with van der Waals surface area (Å²) in [4.78, 5) is 9.56. The Labute approximate surface area is 206 Å². The molecule has 0 fully saturated rings. The molecule has 6 rings (SSSR count). The fourth-order valence-corrected chi connectivity index (χ4v) is 4.72. The molecule has 2 atom stereocenters. The van der Waals surface area contributed by atoms with Crippen LogP contribution in [0.2, 0.25) is 0 Å². The number of halogens is 1. The predicted octanol–water partition coefficient (Wildman–Crippen LogP) is 5.44. The predicted molar refractivity (Wildman–Crippen MR) is 138 cm³/mol. The Morgan fingerprint density at radius 3 is 2.56 bits per heavy atom. The van der Waals surface area contributed by atoms with Gasteiger partial charge in [0.15, 0.2) is 5.82 Å². The number of para-hydroxylation sites is 1. The molecule has 3 heterocycles. The summed E-state index contributed by atoms with van der Waals surface area (Å²) in [6.07, 6.45) is 0.948. The molecule has 7 nitrogen and oxygen atoms in total. The summed E-state index contributed by atoms with van der Waals surface area (Å²) < 4.78 is 16.0. The maximum Gasteiger partial charge on any atom is 0.160 e. The van der Waals surface area contributed by atoms with Gasteiger partial charge in [0.25, 0.3) is 0 Å². The molecule has 2 unspecified atom stereocenters. The van der Waals surface area contributed by atoms with Gasteiger partial charge in [0.05, 0.1) is 29.2 Å². The molecule has 36 heavy (non-hydrogen) atoms. The van der Waals surface area contributed by atoms with Crippen molar-refractivity contribution in [3.8, 4) is 28.3 Å². The molecule has 1 aliphatic heterocycles. The highest BCUT2D eigenvalue weighted by molar-refractivity contribution is 5.84.